The number of sulfone groups is 1. The smallest absolute Gasteiger partial charge is 0.191 e. The second-order valence-corrected chi connectivity index (χ2v) is 10.9. The predicted octanol–water partition coefficient (Wildman–Crippen LogP) is 2.41. The highest BCUT2D eigenvalue weighted by Gasteiger charge is 2.40. The molecule has 3 aliphatic rings. The van der Waals surface area contributed by atoms with E-state index in [-0.39, 0.29) is 5.92 Å². The first-order valence-corrected chi connectivity index (χ1v) is 12.1. The Morgan fingerprint density at radius 2 is 2.20 bits per heavy atom. The third-order valence-corrected chi connectivity index (χ3v) is 8.51. The molecule has 4 unspecified atom stereocenters. The number of aliphatic imine (C=N–C) groups is 1. The van der Waals surface area contributed by atoms with Crippen LogP contribution < -0.4 is 10.6 Å². The molecule has 2 aliphatic carbocycles. The van der Waals surface area contributed by atoms with Crippen molar-refractivity contribution in [3.8, 4) is 0 Å². The maximum atomic E-state index is 11.7. The molecule has 0 spiro atoms. The van der Waals surface area contributed by atoms with Crippen molar-refractivity contribution in [2.24, 2.45) is 22.7 Å². The number of nitrogens with zero attached hydrogens (tertiary/aromatic N) is 1. The van der Waals surface area contributed by atoms with Gasteiger partial charge >= 0.3 is 0 Å². The number of hydrogen-bond acceptors (Lipinski definition) is 4. The largest absolute Gasteiger partial charge is 0.356 e. The molecule has 0 radical (unpaired) electrons. The highest BCUT2D eigenvalue weighted by molar-refractivity contribution is 7.91. The minimum Gasteiger partial charge on any atom is -0.356 e. The van der Waals surface area contributed by atoms with Crippen LogP contribution in [0.3, 0.4) is 0 Å². The fourth-order valence-corrected chi connectivity index (χ4v) is 7.10. The SMILES string of the molecule is O=S1(=O)CCC(CNC(=NCc2ccsc2)NC2CC3CCC2C3)C1. The van der Waals surface area contributed by atoms with Crippen LogP contribution in [0, 0.1) is 17.8 Å². The van der Waals surface area contributed by atoms with Gasteiger partial charge in [-0.25, -0.2) is 13.4 Å². The predicted molar refractivity (Wildman–Crippen MR) is 103 cm³/mol. The first-order valence-electron chi connectivity index (χ1n) is 9.34. The zero-order valence-corrected chi connectivity index (χ0v) is 16.1. The van der Waals surface area contributed by atoms with Crippen molar-refractivity contribution >= 4 is 27.1 Å². The molecule has 4 atom stereocenters. The maximum absolute atomic E-state index is 11.7. The number of guanidine groups is 1. The third-order valence-electron chi connectivity index (χ3n) is 5.94. The summed E-state index contributed by atoms with van der Waals surface area (Å²) < 4.78 is 23.3. The Morgan fingerprint density at radius 1 is 1.28 bits per heavy atom. The van der Waals surface area contributed by atoms with Crippen LogP contribution in [-0.2, 0) is 16.4 Å². The van der Waals surface area contributed by atoms with Crippen molar-refractivity contribution in [2.45, 2.75) is 44.7 Å². The molecule has 138 valence electrons. The number of rotatable bonds is 5. The van der Waals surface area contributed by atoms with Gasteiger partial charge in [-0.3, -0.25) is 0 Å². The van der Waals surface area contributed by atoms with Crippen LogP contribution >= 0.6 is 11.3 Å². The Hall–Kier alpha value is -1.08. The van der Waals surface area contributed by atoms with Crippen molar-refractivity contribution in [2.75, 3.05) is 18.1 Å². The first-order chi connectivity index (χ1) is 12.1. The second kappa shape index (κ2) is 7.27. The van der Waals surface area contributed by atoms with E-state index in [9.17, 15) is 8.42 Å². The molecule has 4 rings (SSSR count). The van der Waals surface area contributed by atoms with Gasteiger partial charge in [0.25, 0.3) is 0 Å². The topological polar surface area (TPSA) is 70.6 Å². The monoisotopic (exact) mass is 381 g/mol. The Kier molecular flexibility index (Phi) is 5.04. The van der Waals surface area contributed by atoms with E-state index in [4.69, 9.17) is 4.99 Å². The summed E-state index contributed by atoms with van der Waals surface area (Å²) in [6.07, 6.45) is 6.10. The zero-order chi connectivity index (χ0) is 17.3. The lowest BCUT2D eigenvalue weighted by molar-refractivity contribution is 0.386. The third kappa shape index (κ3) is 4.37. The summed E-state index contributed by atoms with van der Waals surface area (Å²) in [5.74, 6) is 3.38. The second-order valence-electron chi connectivity index (χ2n) is 7.87. The van der Waals surface area contributed by atoms with Crippen molar-refractivity contribution in [1.29, 1.82) is 0 Å². The number of nitrogens with one attached hydrogen (secondary N) is 2. The molecule has 0 aromatic carbocycles. The van der Waals surface area contributed by atoms with Gasteiger partial charge in [0.15, 0.2) is 15.8 Å². The van der Waals surface area contributed by atoms with Crippen LogP contribution in [-0.4, -0.2) is 38.5 Å². The zero-order valence-electron chi connectivity index (χ0n) is 14.5. The van der Waals surface area contributed by atoms with Gasteiger partial charge in [-0.2, -0.15) is 11.3 Å². The van der Waals surface area contributed by atoms with E-state index in [1.54, 1.807) is 11.3 Å². The van der Waals surface area contributed by atoms with Crippen LogP contribution in [0.25, 0.3) is 0 Å². The number of hydrogen-bond donors (Lipinski definition) is 2. The molecular weight excluding hydrogens is 354 g/mol. The summed E-state index contributed by atoms with van der Waals surface area (Å²) in [6.45, 7) is 1.36. The van der Waals surface area contributed by atoms with Crippen molar-refractivity contribution < 1.29 is 8.42 Å². The molecule has 1 saturated heterocycles. The van der Waals surface area contributed by atoms with Crippen LogP contribution in [0.4, 0.5) is 0 Å². The lowest BCUT2D eigenvalue weighted by Gasteiger charge is -2.25. The standard InChI is InChI=1S/C18H27N3O2S2/c22-25(23)6-4-15(12-25)10-20-18(19-9-14-3-5-24-11-14)21-17-8-13-1-2-16(17)7-13/h3,5,11,13,15-17H,1-2,4,6-10,12H2,(H2,19,20,21). The molecule has 2 heterocycles. The van der Waals surface area contributed by atoms with E-state index in [2.05, 4.69) is 27.5 Å². The van der Waals surface area contributed by atoms with Gasteiger partial charge in [-0.15, -0.1) is 0 Å². The highest BCUT2D eigenvalue weighted by atomic mass is 32.2. The molecule has 2 bridgehead atoms. The summed E-state index contributed by atoms with van der Waals surface area (Å²) in [4.78, 5) is 4.76. The summed E-state index contributed by atoms with van der Waals surface area (Å²) in [5.41, 5.74) is 1.22. The first kappa shape index (κ1) is 17.3. The number of fused-ring (bicyclic) bond motifs is 2. The summed E-state index contributed by atoms with van der Waals surface area (Å²) in [7, 11) is -2.82. The molecule has 7 heteroatoms. The van der Waals surface area contributed by atoms with E-state index in [0.29, 0.717) is 30.6 Å². The van der Waals surface area contributed by atoms with Gasteiger partial charge in [0.1, 0.15) is 0 Å². The molecule has 25 heavy (non-hydrogen) atoms. The van der Waals surface area contributed by atoms with Crippen LogP contribution in [0.2, 0.25) is 0 Å². The fourth-order valence-electron chi connectivity index (χ4n) is 4.58. The van der Waals surface area contributed by atoms with Gasteiger partial charge in [0, 0.05) is 12.6 Å². The minimum absolute atomic E-state index is 0.207. The molecule has 1 aromatic heterocycles. The van der Waals surface area contributed by atoms with Crippen molar-refractivity contribution in [3.05, 3.63) is 22.4 Å². The molecule has 2 N–H and O–H groups in total. The van der Waals surface area contributed by atoms with E-state index in [0.717, 1.165) is 24.2 Å². The summed E-state index contributed by atoms with van der Waals surface area (Å²) in [6, 6.07) is 2.63. The molecule has 1 aliphatic heterocycles. The van der Waals surface area contributed by atoms with E-state index < -0.39 is 9.84 Å². The number of thiophene rings is 1. The summed E-state index contributed by atoms with van der Waals surface area (Å²) in [5, 5.41) is 11.3. The van der Waals surface area contributed by atoms with Crippen LogP contribution in [0.1, 0.15) is 37.7 Å². The average molecular weight is 382 g/mol. The van der Waals surface area contributed by atoms with Crippen LogP contribution in [0.15, 0.2) is 21.8 Å². The van der Waals surface area contributed by atoms with E-state index in [1.807, 2.05) is 0 Å². The highest BCUT2D eigenvalue weighted by Crippen LogP contribution is 2.44. The fraction of sp³-hybridized carbons (Fsp3) is 0.722. The normalized spacial score (nSPS) is 33.7. The summed E-state index contributed by atoms with van der Waals surface area (Å²) >= 11 is 1.69. The van der Waals surface area contributed by atoms with Gasteiger partial charge < -0.3 is 10.6 Å². The Balaban J connectivity index is 1.37. The average Bonchev–Trinajstić information content (AvgIpc) is 3.35. The maximum Gasteiger partial charge on any atom is 0.191 e. The van der Waals surface area contributed by atoms with E-state index >= 15 is 0 Å². The van der Waals surface area contributed by atoms with E-state index in [1.165, 1.54) is 31.2 Å². The molecule has 5 nitrogen and oxygen atoms in total. The lowest BCUT2D eigenvalue weighted by Crippen LogP contribution is -2.47. The Bertz CT molecular complexity index is 715. The minimum atomic E-state index is -2.82. The Morgan fingerprint density at radius 3 is 2.84 bits per heavy atom. The van der Waals surface area contributed by atoms with Gasteiger partial charge in [-0.1, -0.05) is 6.42 Å². The molecule has 1 aromatic rings. The molecule has 2 saturated carbocycles. The van der Waals surface area contributed by atoms with Gasteiger partial charge in [-0.05, 0) is 65.8 Å². The molecular formula is C18H27N3O2S2. The van der Waals surface area contributed by atoms with Crippen molar-refractivity contribution in [1.82, 2.24) is 10.6 Å². The molecule has 3 fully saturated rings. The van der Waals surface area contributed by atoms with Crippen molar-refractivity contribution in [3.63, 3.8) is 0 Å². The Labute approximate surface area is 154 Å². The lowest BCUT2D eigenvalue weighted by atomic mass is 9.95. The quantitative estimate of drug-likeness (QED) is 0.607. The van der Waals surface area contributed by atoms with Gasteiger partial charge in [0.05, 0.1) is 18.1 Å². The van der Waals surface area contributed by atoms with Crippen LogP contribution in [0.5, 0.6) is 0 Å². The molecule has 0 amide bonds. The van der Waals surface area contributed by atoms with Gasteiger partial charge in [0.2, 0.25) is 0 Å².